The van der Waals surface area contributed by atoms with E-state index in [1.54, 1.807) is 0 Å². The molecule has 3 N–H and O–H groups in total. The Morgan fingerprint density at radius 1 is 1.24 bits per heavy atom. The van der Waals surface area contributed by atoms with Gasteiger partial charge in [0.1, 0.15) is 10.7 Å². The smallest absolute Gasteiger partial charge is 0.243 e. The molecule has 0 heterocycles. The molecule has 1 rings (SSSR count). The van der Waals surface area contributed by atoms with E-state index in [1.807, 2.05) is 18.7 Å². The van der Waals surface area contributed by atoms with Crippen molar-refractivity contribution < 1.29 is 17.2 Å². The third kappa shape index (κ3) is 4.44. The largest absolute Gasteiger partial charge is 0.326 e. The topological polar surface area (TPSA) is 75.4 Å². The summed E-state index contributed by atoms with van der Waals surface area (Å²) in [7, 11) is -4.03. The molecule has 8 heteroatoms. The molecule has 0 amide bonds. The standard InChI is InChI=1S/C13H21F2N3O2S/c1-3-18(4-2)8-7-17-21(19,20)12-6-5-11(14)10(9-16)13(12)15/h5-6,17H,3-4,7-9,16H2,1-2H3. The highest BCUT2D eigenvalue weighted by molar-refractivity contribution is 7.89. The number of sulfonamides is 1. The molecule has 0 aromatic heterocycles. The molecule has 0 fully saturated rings. The number of rotatable bonds is 8. The molecule has 0 spiro atoms. The van der Waals surface area contributed by atoms with Crippen molar-refractivity contribution in [2.75, 3.05) is 26.2 Å². The van der Waals surface area contributed by atoms with Gasteiger partial charge in [-0.15, -0.1) is 0 Å². The predicted octanol–water partition coefficient (Wildman–Crippen LogP) is 1.04. The molecule has 1 aromatic carbocycles. The summed E-state index contributed by atoms with van der Waals surface area (Å²) < 4.78 is 53.8. The lowest BCUT2D eigenvalue weighted by molar-refractivity contribution is 0.309. The van der Waals surface area contributed by atoms with Gasteiger partial charge in [0, 0.05) is 25.2 Å². The van der Waals surface area contributed by atoms with E-state index >= 15 is 0 Å². The van der Waals surface area contributed by atoms with Crippen LogP contribution in [0.1, 0.15) is 19.4 Å². The second kappa shape index (κ2) is 7.79. The first-order valence-corrected chi connectivity index (χ1v) is 8.24. The van der Waals surface area contributed by atoms with Crippen molar-refractivity contribution in [3.63, 3.8) is 0 Å². The molecular formula is C13H21F2N3O2S. The third-order valence-electron chi connectivity index (χ3n) is 3.26. The van der Waals surface area contributed by atoms with Crippen molar-refractivity contribution >= 4 is 10.0 Å². The molecule has 0 saturated carbocycles. The summed E-state index contributed by atoms with van der Waals surface area (Å²) in [6, 6.07) is 1.81. The Morgan fingerprint density at radius 2 is 1.86 bits per heavy atom. The van der Waals surface area contributed by atoms with Crippen LogP contribution in [0.4, 0.5) is 8.78 Å². The summed E-state index contributed by atoms with van der Waals surface area (Å²) in [5, 5.41) is 0. The molecule has 0 bridgehead atoms. The average molecular weight is 321 g/mol. The molecule has 0 unspecified atom stereocenters. The van der Waals surface area contributed by atoms with Crippen LogP contribution >= 0.6 is 0 Å². The minimum absolute atomic E-state index is 0.152. The first-order chi connectivity index (χ1) is 9.87. The zero-order valence-electron chi connectivity index (χ0n) is 12.2. The van der Waals surface area contributed by atoms with E-state index in [4.69, 9.17) is 5.73 Å². The van der Waals surface area contributed by atoms with Crippen LogP contribution in [0.3, 0.4) is 0 Å². The van der Waals surface area contributed by atoms with Crippen molar-refractivity contribution in [3.8, 4) is 0 Å². The van der Waals surface area contributed by atoms with Crippen LogP contribution in [0.25, 0.3) is 0 Å². The van der Waals surface area contributed by atoms with E-state index in [0.717, 1.165) is 25.2 Å². The zero-order chi connectivity index (χ0) is 16.0. The molecule has 1 aromatic rings. The lowest BCUT2D eigenvalue weighted by atomic mass is 10.2. The van der Waals surface area contributed by atoms with Gasteiger partial charge in [0.25, 0.3) is 0 Å². The summed E-state index contributed by atoms with van der Waals surface area (Å²) in [5.41, 5.74) is 4.81. The Morgan fingerprint density at radius 3 is 2.38 bits per heavy atom. The second-order valence-electron chi connectivity index (χ2n) is 4.47. The SMILES string of the molecule is CCN(CC)CCNS(=O)(=O)c1ccc(F)c(CN)c1F. The molecule has 0 aliphatic rings. The Balaban J connectivity index is 2.89. The Hall–Kier alpha value is -1.09. The summed E-state index contributed by atoms with van der Waals surface area (Å²) >= 11 is 0. The highest BCUT2D eigenvalue weighted by Crippen LogP contribution is 2.20. The number of halogens is 2. The van der Waals surface area contributed by atoms with Crippen molar-refractivity contribution in [2.45, 2.75) is 25.3 Å². The zero-order valence-corrected chi connectivity index (χ0v) is 13.0. The van der Waals surface area contributed by atoms with Crippen LogP contribution in [0.15, 0.2) is 17.0 Å². The quantitative estimate of drug-likeness (QED) is 0.750. The second-order valence-corrected chi connectivity index (χ2v) is 6.20. The van der Waals surface area contributed by atoms with E-state index in [2.05, 4.69) is 4.72 Å². The van der Waals surface area contributed by atoms with Crippen molar-refractivity contribution in [1.29, 1.82) is 0 Å². The van der Waals surface area contributed by atoms with Crippen LogP contribution in [0.5, 0.6) is 0 Å². The maximum atomic E-state index is 14.0. The van der Waals surface area contributed by atoms with E-state index < -0.39 is 38.7 Å². The number of hydrogen-bond acceptors (Lipinski definition) is 4. The highest BCUT2D eigenvalue weighted by atomic mass is 32.2. The number of nitrogens with zero attached hydrogens (tertiary/aromatic N) is 1. The molecule has 0 aliphatic carbocycles. The van der Waals surface area contributed by atoms with E-state index in [-0.39, 0.29) is 6.54 Å². The average Bonchev–Trinajstić information content (AvgIpc) is 2.43. The monoisotopic (exact) mass is 321 g/mol. The third-order valence-corrected chi connectivity index (χ3v) is 4.74. The predicted molar refractivity (Wildman–Crippen MR) is 77.2 cm³/mol. The van der Waals surface area contributed by atoms with Gasteiger partial charge in [0.05, 0.1) is 0 Å². The Bertz CT molecular complexity index is 575. The molecule has 0 radical (unpaired) electrons. The molecule has 5 nitrogen and oxygen atoms in total. The Kier molecular flexibility index (Phi) is 6.66. The van der Waals surface area contributed by atoms with Crippen LogP contribution in [-0.4, -0.2) is 39.5 Å². The maximum absolute atomic E-state index is 14.0. The normalized spacial score (nSPS) is 12.1. The highest BCUT2D eigenvalue weighted by Gasteiger charge is 2.22. The minimum Gasteiger partial charge on any atom is -0.326 e. The number of nitrogens with two attached hydrogens (primary N) is 1. The summed E-state index contributed by atoms with van der Waals surface area (Å²) in [6.07, 6.45) is 0. The van der Waals surface area contributed by atoms with E-state index in [9.17, 15) is 17.2 Å². The fourth-order valence-corrected chi connectivity index (χ4v) is 3.05. The number of benzene rings is 1. The lowest BCUT2D eigenvalue weighted by Gasteiger charge is -2.18. The van der Waals surface area contributed by atoms with Crippen molar-refractivity contribution in [1.82, 2.24) is 9.62 Å². The molecule has 0 saturated heterocycles. The van der Waals surface area contributed by atoms with E-state index in [0.29, 0.717) is 6.54 Å². The van der Waals surface area contributed by atoms with Gasteiger partial charge >= 0.3 is 0 Å². The first kappa shape index (κ1) is 18.0. The van der Waals surface area contributed by atoms with E-state index in [1.165, 1.54) is 0 Å². The number of likely N-dealkylation sites (N-methyl/N-ethyl adjacent to an activating group) is 1. The van der Waals surface area contributed by atoms with Crippen LogP contribution < -0.4 is 10.5 Å². The first-order valence-electron chi connectivity index (χ1n) is 6.76. The van der Waals surface area contributed by atoms with Gasteiger partial charge < -0.3 is 10.6 Å². The van der Waals surface area contributed by atoms with Gasteiger partial charge in [-0.05, 0) is 25.2 Å². The van der Waals surface area contributed by atoms with Gasteiger partial charge in [-0.2, -0.15) is 0 Å². The summed E-state index contributed by atoms with van der Waals surface area (Å²) in [6.45, 7) is 5.77. The van der Waals surface area contributed by atoms with Gasteiger partial charge in [-0.1, -0.05) is 13.8 Å². The fraction of sp³-hybridized carbons (Fsp3) is 0.538. The molecule has 120 valence electrons. The number of nitrogens with one attached hydrogen (secondary N) is 1. The van der Waals surface area contributed by atoms with Crippen LogP contribution in [-0.2, 0) is 16.6 Å². The van der Waals surface area contributed by atoms with Gasteiger partial charge in [-0.25, -0.2) is 21.9 Å². The number of hydrogen-bond donors (Lipinski definition) is 2. The molecular weight excluding hydrogens is 300 g/mol. The Labute approximate surface area is 124 Å². The van der Waals surface area contributed by atoms with Gasteiger partial charge in [-0.3, -0.25) is 0 Å². The van der Waals surface area contributed by atoms with Gasteiger partial charge in [0.15, 0.2) is 5.82 Å². The maximum Gasteiger partial charge on any atom is 0.243 e. The van der Waals surface area contributed by atoms with Crippen LogP contribution in [0.2, 0.25) is 0 Å². The van der Waals surface area contributed by atoms with Crippen molar-refractivity contribution in [3.05, 3.63) is 29.3 Å². The summed E-state index contributed by atoms with van der Waals surface area (Å²) in [4.78, 5) is 1.44. The van der Waals surface area contributed by atoms with Crippen LogP contribution in [0, 0.1) is 11.6 Å². The molecule has 0 atom stereocenters. The lowest BCUT2D eigenvalue weighted by Crippen LogP contribution is -2.35. The molecule has 0 aliphatic heterocycles. The summed E-state index contributed by atoms with van der Waals surface area (Å²) in [5.74, 6) is -1.98. The molecule has 21 heavy (non-hydrogen) atoms. The minimum atomic E-state index is -4.03. The van der Waals surface area contributed by atoms with Crippen molar-refractivity contribution in [2.24, 2.45) is 5.73 Å². The fourth-order valence-electron chi connectivity index (χ4n) is 1.93. The van der Waals surface area contributed by atoms with Gasteiger partial charge in [0.2, 0.25) is 10.0 Å².